The number of rotatable bonds is 4. The molecular weight excluding hydrogens is 344 g/mol. The summed E-state index contributed by atoms with van der Waals surface area (Å²) >= 11 is 3.04. The topological polar surface area (TPSA) is 82.0 Å². The molecule has 0 N–H and O–H groups in total. The van der Waals surface area contributed by atoms with Gasteiger partial charge in [-0.05, 0) is 38.3 Å². The first kappa shape index (κ1) is 15.3. The van der Waals surface area contributed by atoms with Gasteiger partial charge in [-0.15, -0.1) is 26.6 Å². The standard InChI is InChI=1S/C15H14N6OS2/c1-8-7-9(2)21-14(16-8)17-15(20-21)24-10(3)12-18-19-13(22-12)11-5-4-6-23-11/h4-7,10H,1-3H3/t10-/m0/s1. The van der Waals surface area contributed by atoms with E-state index in [1.54, 1.807) is 15.9 Å². The van der Waals surface area contributed by atoms with E-state index in [1.165, 1.54) is 11.8 Å². The van der Waals surface area contributed by atoms with Crippen LogP contribution in [0.1, 0.15) is 29.5 Å². The highest BCUT2D eigenvalue weighted by molar-refractivity contribution is 7.99. The van der Waals surface area contributed by atoms with E-state index in [0.29, 0.717) is 22.7 Å². The molecule has 0 aromatic carbocycles. The van der Waals surface area contributed by atoms with Gasteiger partial charge in [0, 0.05) is 11.4 Å². The van der Waals surface area contributed by atoms with E-state index in [1.807, 2.05) is 44.4 Å². The lowest BCUT2D eigenvalue weighted by Crippen LogP contribution is -1.97. The number of thiophene rings is 1. The monoisotopic (exact) mass is 358 g/mol. The van der Waals surface area contributed by atoms with Crippen LogP contribution in [0.2, 0.25) is 0 Å². The van der Waals surface area contributed by atoms with E-state index >= 15 is 0 Å². The highest BCUT2D eigenvalue weighted by Crippen LogP contribution is 2.34. The van der Waals surface area contributed by atoms with Crippen LogP contribution in [-0.4, -0.2) is 29.8 Å². The van der Waals surface area contributed by atoms with Crippen LogP contribution >= 0.6 is 23.1 Å². The molecule has 0 spiro atoms. The fourth-order valence-electron chi connectivity index (χ4n) is 2.31. The fraction of sp³-hybridized carbons (Fsp3) is 0.267. The minimum atomic E-state index is -0.0509. The molecule has 0 saturated heterocycles. The second-order valence-electron chi connectivity index (χ2n) is 5.33. The van der Waals surface area contributed by atoms with Crippen molar-refractivity contribution in [2.45, 2.75) is 31.2 Å². The Labute approximate surface area is 146 Å². The molecule has 4 aromatic heterocycles. The van der Waals surface area contributed by atoms with Crippen molar-refractivity contribution >= 4 is 28.9 Å². The second kappa shape index (κ2) is 5.99. The Balaban J connectivity index is 1.58. The quantitative estimate of drug-likeness (QED) is 0.514. The van der Waals surface area contributed by atoms with Gasteiger partial charge in [-0.1, -0.05) is 17.8 Å². The molecule has 1 atom stereocenters. The number of hydrogen-bond acceptors (Lipinski definition) is 8. The molecule has 0 aliphatic heterocycles. The zero-order chi connectivity index (χ0) is 16.7. The van der Waals surface area contributed by atoms with Gasteiger partial charge >= 0.3 is 0 Å². The molecule has 24 heavy (non-hydrogen) atoms. The summed E-state index contributed by atoms with van der Waals surface area (Å²) in [4.78, 5) is 9.84. The number of thioether (sulfide) groups is 1. The number of aromatic nitrogens is 6. The third-order valence-corrected chi connectivity index (χ3v) is 5.20. The van der Waals surface area contributed by atoms with Crippen molar-refractivity contribution in [1.29, 1.82) is 0 Å². The van der Waals surface area contributed by atoms with Gasteiger partial charge in [0.2, 0.25) is 11.0 Å². The van der Waals surface area contributed by atoms with Crippen molar-refractivity contribution in [2.75, 3.05) is 0 Å². The Morgan fingerprint density at radius 2 is 2.12 bits per heavy atom. The van der Waals surface area contributed by atoms with E-state index in [0.717, 1.165) is 16.3 Å². The second-order valence-corrected chi connectivity index (χ2v) is 7.58. The largest absolute Gasteiger partial charge is 0.419 e. The van der Waals surface area contributed by atoms with E-state index in [-0.39, 0.29) is 5.25 Å². The van der Waals surface area contributed by atoms with E-state index in [2.05, 4.69) is 25.3 Å². The van der Waals surface area contributed by atoms with Gasteiger partial charge in [0.15, 0.2) is 0 Å². The van der Waals surface area contributed by atoms with Crippen LogP contribution in [0.4, 0.5) is 0 Å². The fourth-order valence-corrected chi connectivity index (χ4v) is 3.72. The maximum atomic E-state index is 5.77. The number of nitrogens with zero attached hydrogens (tertiary/aromatic N) is 6. The predicted octanol–water partition coefficient (Wildman–Crippen LogP) is 3.71. The Hall–Kier alpha value is -2.26. The van der Waals surface area contributed by atoms with Crippen molar-refractivity contribution in [3.63, 3.8) is 0 Å². The summed E-state index contributed by atoms with van der Waals surface area (Å²) in [6.07, 6.45) is 0. The van der Waals surface area contributed by atoms with Crippen molar-refractivity contribution < 1.29 is 4.42 Å². The molecule has 0 saturated carbocycles. The zero-order valence-electron chi connectivity index (χ0n) is 13.3. The van der Waals surface area contributed by atoms with Crippen LogP contribution in [0.3, 0.4) is 0 Å². The first-order chi connectivity index (χ1) is 11.6. The highest BCUT2D eigenvalue weighted by Gasteiger charge is 2.19. The van der Waals surface area contributed by atoms with Crippen molar-refractivity contribution in [3.05, 3.63) is 40.9 Å². The lowest BCUT2D eigenvalue weighted by molar-refractivity contribution is 0.510. The lowest BCUT2D eigenvalue weighted by Gasteiger charge is -2.01. The Morgan fingerprint density at radius 1 is 1.25 bits per heavy atom. The molecular formula is C15H14N6OS2. The number of hydrogen-bond donors (Lipinski definition) is 0. The molecule has 0 radical (unpaired) electrons. The molecule has 0 aliphatic rings. The SMILES string of the molecule is Cc1cc(C)n2nc(S[C@@H](C)c3nnc(-c4cccs4)o3)nc2n1. The molecule has 9 heteroatoms. The predicted molar refractivity (Wildman–Crippen MR) is 92.1 cm³/mol. The molecule has 0 fully saturated rings. The molecule has 0 unspecified atom stereocenters. The molecule has 0 bridgehead atoms. The van der Waals surface area contributed by atoms with E-state index in [9.17, 15) is 0 Å². The first-order valence-corrected chi connectivity index (χ1v) is 9.11. The van der Waals surface area contributed by atoms with Gasteiger partial charge in [-0.25, -0.2) is 9.50 Å². The minimum absolute atomic E-state index is 0.0509. The van der Waals surface area contributed by atoms with Gasteiger partial charge in [0.05, 0.1) is 10.1 Å². The summed E-state index contributed by atoms with van der Waals surface area (Å²) < 4.78 is 7.51. The molecule has 7 nitrogen and oxygen atoms in total. The van der Waals surface area contributed by atoms with Crippen LogP contribution in [0.25, 0.3) is 16.5 Å². The van der Waals surface area contributed by atoms with Gasteiger partial charge in [-0.2, -0.15) is 4.98 Å². The third-order valence-electron chi connectivity index (χ3n) is 3.40. The maximum absolute atomic E-state index is 5.77. The van der Waals surface area contributed by atoms with E-state index in [4.69, 9.17) is 4.42 Å². The summed E-state index contributed by atoms with van der Waals surface area (Å²) in [5.41, 5.74) is 1.93. The van der Waals surface area contributed by atoms with Crippen molar-refractivity contribution in [2.24, 2.45) is 0 Å². The molecule has 4 heterocycles. The average molecular weight is 358 g/mol. The normalized spacial score (nSPS) is 12.8. The molecule has 4 rings (SSSR count). The average Bonchev–Trinajstić information content (AvgIpc) is 3.26. The number of fused-ring (bicyclic) bond motifs is 1. The van der Waals surface area contributed by atoms with Crippen LogP contribution in [0.5, 0.6) is 0 Å². The third kappa shape index (κ3) is 2.80. The van der Waals surface area contributed by atoms with Crippen molar-refractivity contribution in [3.8, 4) is 10.8 Å². The van der Waals surface area contributed by atoms with E-state index < -0.39 is 0 Å². The molecule has 122 valence electrons. The zero-order valence-corrected chi connectivity index (χ0v) is 14.9. The van der Waals surface area contributed by atoms with Crippen LogP contribution < -0.4 is 0 Å². The minimum Gasteiger partial charge on any atom is -0.419 e. The molecule has 0 aliphatic carbocycles. The van der Waals surface area contributed by atoms with Gasteiger partial charge in [0.1, 0.15) is 0 Å². The molecule has 4 aromatic rings. The maximum Gasteiger partial charge on any atom is 0.257 e. The van der Waals surface area contributed by atoms with Gasteiger partial charge in [0.25, 0.3) is 11.7 Å². The highest BCUT2D eigenvalue weighted by atomic mass is 32.2. The number of aryl methyl sites for hydroxylation is 2. The van der Waals surface area contributed by atoms with Gasteiger partial charge < -0.3 is 4.42 Å². The molecule has 0 amide bonds. The smallest absolute Gasteiger partial charge is 0.257 e. The van der Waals surface area contributed by atoms with Crippen LogP contribution in [0, 0.1) is 13.8 Å². The first-order valence-electron chi connectivity index (χ1n) is 7.35. The van der Waals surface area contributed by atoms with Crippen molar-refractivity contribution in [1.82, 2.24) is 29.8 Å². The Bertz CT molecular complexity index is 991. The van der Waals surface area contributed by atoms with Crippen LogP contribution in [-0.2, 0) is 0 Å². The summed E-state index contributed by atoms with van der Waals surface area (Å²) in [5.74, 6) is 1.71. The summed E-state index contributed by atoms with van der Waals surface area (Å²) in [6, 6.07) is 5.89. The summed E-state index contributed by atoms with van der Waals surface area (Å²) in [5, 5.41) is 15.3. The Kier molecular flexibility index (Phi) is 3.81. The lowest BCUT2D eigenvalue weighted by atomic mass is 10.4. The van der Waals surface area contributed by atoms with Crippen LogP contribution in [0.15, 0.2) is 33.2 Å². The Morgan fingerprint density at radius 3 is 2.92 bits per heavy atom. The summed E-state index contributed by atoms with van der Waals surface area (Å²) in [7, 11) is 0. The summed E-state index contributed by atoms with van der Waals surface area (Å²) in [6.45, 7) is 5.93. The van der Waals surface area contributed by atoms with Gasteiger partial charge in [-0.3, -0.25) is 0 Å².